The number of benzene rings is 2. The van der Waals surface area contributed by atoms with Gasteiger partial charge < -0.3 is 23.9 Å². The molecular weight excluding hydrogens is 383 g/mol. The molecule has 2 aromatic carbocycles. The van der Waals surface area contributed by atoms with E-state index in [1.165, 1.54) is 7.11 Å². The van der Waals surface area contributed by atoms with E-state index in [4.69, 9.17) is 18.8 Å². The lowest BCUT2D eigenvalue weighted by atomic mass is 9.66. The van der Waals surface area contributed by atoms with Gasteiger partial charge >= 0.3 is 13.1 Å². The molecule has 0 aliphatic carbocycles. The Bertz CT molecular complexity index is 865. The van der Waals surface area contributed by atoms with Crippen LogP contribution in [0.1, 0.15) is 51.1 Å². The van der Waals surface area contributed by atoms with E-state index in [1.807, 2.05) is 58.0 Å². The zero-order valence-electron chi connectivity index (χ0n) is 18.2. The highest BCUT2D eigenvalue weighted by Crippen LogP contribution is 2.43. The number of carbonyl (C=O) groups is 1. The lowest BCUT2D eigenvalue weighted by molar-refractivity contribution is -0.140. The van der Waals surface area contributed by atoms with Crippen LogP contribution in [0, 0.1) is 0 Å². The third-order valence-electron chi connectivity index (χ3n) is 5.86. The summed E-state index contributed by atoms with van der Waals surface area (Å²) in [6.45, 7) is 8.18. The lowest BCUT2D eigenvalue weighted by Crippen LogP contribution is -2.41. The summed E-state index contributed by atoms with van der Waals surface area (Å²) in [6, 6.07) is 14.8. The Hall–Kier alpha value is -2.51. The van der Waals surface area contributed by atoms with Gasteiger partial charge in [-0.3, -0.25) is 4.79 Å². The van der Waals surface area contributed by atoms with Crippen LogP contribution in [0.3, 0.4) is 0 Å². The fourth-order valence-corrected chi connectivity index (χ4v) is 3.34. The SMILES string of the molecule is COC(=O)CC(B1OC(C)(C)C(C)(C)O1)c1ccc(OCc2ccccc2)cc1O. The van der Waals surface area contributed by atoms with Gasteiger partial charge in [0.2, 0.25) is 0 Å². The zero-order chi connectivity index (χ0) is 21.9. The van der Waals surface area contributed by atoms with E-state index in [9.17, 15) is 9.90 Å². The number of phenolic OH excluding ortho intramolecular Hbond substituents is 1. The highest BCUT2D eigenvalue weighted by molar-refractivity contribution is 6.48. The highest BCUT2D eigenvalue weighted by Gasteiger charge is 2.54. The lowest BCUT2D eigenvalue weighted by Gasteiger charge is -2.32. The van der Waals surface area contributed by atoms with E-state index in [0.717, 1.165) is 5.56 Å². The number of rotatable bonds is 7. The predicted molar refractivity (Wildman–Crippen MR) is 114 cm³/mol. The summed E-state index contributed by atoms with van der Waals surface area (Å²) in [5.41, 5.74) is 0.466. The molecule has 1 heterocycles. The van der Waals surface area contributed by atoms with Crippen LogP contribution in [-0.2, 0) is 25.4 Å². The van der Waals surface area contributed by atoms with Gasteiger partial charge in [-0.2, -0.15) is 0 Å². The summed E-state index contributed by atoms with van der Waals surface area (Å²) in [5, 5.41) is 10.7. The van der Waals surface area contributed by atoms with Crippen molar-refractivity contribution in [2.24, 2.45) is 0 Å². The minimum absolute atomic E-state index is 0.0178. The number of methoxy groups -OCH3 is 1. The first-order valence-corrected chi connectivity index (χ1v) is 10.0. The summed E-state index contributed by atoms with van der Waals surface area (Å²) in [5.74, 6) is -0.379. The monoisotopic (exact) mass is 412 g/mol. The highest BCUT2D eigenvalue weighted by atomic mass is 16.7. The second-order valence-corrected chi connectivity index (χ2v) is 8.51. The Morgan fingerprint density at radius 1 is 1.07 bits per heavy atom. The molecule has 30 heavy (non-hydrogen) atoms. The first-order chi connectivity index (χ1) is 14.1. The van der Waals surface area contributed by atoms with Gasteiger partial charge in [-0.1, -0.05) is 36.4 Å². The maximum atomic E-state index is 12.1. The molecule has 1 fully saturated rings. The maximum Gasteiger partial charge on any atom is 0.466 e. The number of hydrogen-bond donors (Lipinski definition) is 1. The number of hydrogen-bond acceptors (Lipinski definition) is 6. The van der Waals surface area contributed by atoms with Crippen molar-refractivity contribution in [3.8, 4) is 11.5 Å². The number of phenols is 1. The summed E-state index contributed by atoms with van der Waals surface area (Å²) >= 11 is 0. The van der Waals surface area contributed by atoms with E-state index in [-0.39, 0.29) is 12.2 Å². The van der Waals surface area contributed by atoms with Crippen LogP contribution in [0.15, 0.2) is 48.5 Å². The van der Waals surface area contributed by atoms with E-state index < -0.39 is 30.1 Å². The first kappa shape index (κ1) is 22.2. The molecule has 2 aromatic rings. The van der Waals surface area contributed by atoms with E-state index in [2.05, 4.69) is 0 Å². The van der Waals surface area contributed by atoms with Gasteiger partial charge in [0.15, 0.2) is 0 Å². The molecule has 1 aliphatic rings. The standard InChI is InChI=1S/C23H29BO6/c1-22(2)23(3,4)30-24(29-22)19(14-21(26)27-5)18-12-11-17(13-20(18)25)28-15-16-9-7-6-8-10-16/h6-13,19,25H,14-15H2,1-5H3. The number of aromatic hydroxyl groups is 1. The molecule has 1 unspecified atom stereocenters. The quantitative estimate of drug-likeness (QED) is 0.542. The fourth-order valence-electron chi connectivity index (χ4n) is 3.34. The fraction of sp³-hybridized carbons (Fsp3) is 0.435. The van der Waals surface area contributed by atoms with E-state index >= 15 is 0 Å². The molecule has 0 radical (unpaired) electrons. The van der Waals surface area contributed by atoms with Crippen LogP contribution in [0.4, 0.5) is 0 Å². The van der Waals surface area contributed by atoms with Gasteiger partial charge in [-0.15, -0.1) is 0 Å². The molecule has 1 N–H and O–H groups in total. The van der Waals surface area contributed by atoms with Gasteiger partial charge in [0, 0.05) is 11.9 Å². The summed E-state index contributed by atoms with van der Waals surface area (Å²) in [7, 11) is 0.639. The zero-order valence-corrected chi connectivity index (χ0v) is 18.2. The van der Waals surface area contributed by atoms with Crippen LogP contribution >= 0.6 is 0 Å². The molecule has 0 bridgehead atoms. The Balaban J connectivity index is 1.82. The number of esters is 1. The van der Waals surface area contributed by atoms with Crippen molar-refractivity contribution in [1.29, 1.82) is 0 Å². The number of carbonyl (C=O) groups excluding carboxylic acids is 1. The molecule has 0 saturated carbocycles. The van der Waals surface area contributed by atoms with Crippen molar-refractivity contribution in [2.45, 2.75) is 57.7 Å². The number of ether oxygens (including phenoxy) is 2. The molecule has 3 rings (SSSR count). The Morgan fingerprint density at radius 2 is 1.70 bits per heavy atom. The third kappa shape index (κ3) is 4.79. The van der Waals surface area contributed by atoms with Crippen molar-refractivity contribution < 1.29 is 28.7 Å². The van der Waals surface area contributed by atoms with Crippen molar-refractivity contribution >= 4 is 13.1 Å². The van der Waals surface area contributed by atoms with E-state index in [1.54, 1.807) is 18.2 Å². The summed E-state index contributed by atoms with van der Waals surface area (Å²) in [6.07, 6.45) is 0.0190. The van der Waals surface area contributed by atoms with Crippen molar-refractivity contribution in [3.05, 3.63) is 59.7 Å². The van der Waals surface area contributed by atoms with Gasteiger partial charge in [0.05, 0.1) is 24.7 Å². The minimum atomic E-state index is -0.698. The van der Waals surface area contributed by atoms with Crippen molar-refractivity contribution in [3.63, 3.8) is 0 Å². The van der Waals surface area contributed by atoms with Gasteiger partial charge in [-0.25, -0.2) is 0 Å². The van der Waals surface area contributed by atoms with Gasteiger partial charge in [0.25, 0.3) is 0 Å². The summed E-state index contributed by atoms with van der Waals surface area (Å²) in [4.78, 5) is 12.1. The second kappa shape index (κ2) is 8.70. The van der Waals surface area contributed by atoms with Crippen molar-refractivity contribution in [1.82, 2.24) is 0 Å². The molecule has 0 amide bonds. The average molecular weight is 412 g/mol. The Kier molecular flexibility index (Phi) is 6.43. The Morgan fingerprint density at radius 3 is 2.27 bits per heavy atom. The molecule has 0 spiro atoms. The smallest absolute Gasteiger partial charge is 0.466 e. The molecule has 160 valence electrons. The maximum absolute atomic E-state index is 12.1. The van der Waals surface area contributed by atoms with Crippen LogP contribution in [0.25, 0.3) is 0 Å². The van der Waals surface area contributed by atoms with Gasteiger partial charge in [0.1, 0.15) is 18.1 Å². The first-order valence-electron chi connectivity index (χ1n) is 10.0. The van der Waals surface area contributed by atoms with Gasteiger partial charge in [-0.05, 0) is 44.9 Å². The molecule has 1 atom stereocenters. The molecule has 1 aliphatic heterocycles. The second-order valence-electron chi connectivity index (χ2n) is 8.51. The van der Waals surface area contributed by atoms with Crippen molar-refractivity contribution in [2.75, 3.05) is 7.11 Å². The molecule has 6 nitrogen and oxygen atoms in total. The third-order valence-corrected chi connectivity index (χ3v) is 5.86. The normalized spacial score (nSPS) is 18.1. The predicted octanol–water partition coefficient (Wildman–Crippen LogP) is 4.25. The topological polar surface area (TPSA) is 74.2 Å². The van der Waals surface area contributed by atoms with Crippen LogP contribution in [0.5, 0.6) is 11.5 Å². The molecular formula is C23H29BO6. The molecule has 0 aromatic heterocycles. The molecule has 7 heteroatoms. The van der Waals surface area contributed by atoms with Crippen LogP contribution in [0.2, 0.25) is 0 Å². The van der Waals surface area contributed by atoms with Crippen LogP contribution in [-0.4, -0.2) is 36.5 Å². The van der Waals surface area contributed by atoms with Crippen LogP contribution < -0.4 is 4.74 Å². The minimum Gasteiger partial charge on any atom is -0.508 e. The summed E-state index contributed by atoms with van der Waals surface area (Å²) < 4.78 is 22.9. The Labute approximate surface area is 178 Å². The largest absolute Gasteiger partial charge is 0.508 e. The van der Waals surface area contributed by atoms with E-state index in [0.29, 0.717) is 17.9 Å². The average Bonchev–Trinajstić information content (AvgIpc) is 2.92. The molecule has 1 saturated heterocycles.